The molecule has 13 nitrogen and oxygen atoms in total. The molecule has 1 amide bonds. The van der Waals surface area contributed by atoms with E-state index in [2.05, 4.69) is 87.7 Å². The highest BCUT2D eigenvalue weighted by Gasteiger charge is 2.47. The van der Waals surface area contributed by atoms with E-state index in [0.717, 1.165) is 84.7 Å². The van der Waals surface area contributed by atoms with Crippen LogP contribution in [0.4, 0.5) is 0 Å². The van der Waals surface area contributed by atoms with E-state index in [4.69, 9.17) is 33.7 Å². The lowest BCUT2D eigenvalue weighted by molar-refractivity contribution is -0.285. The van der Waals surface area contributed by atoms with Crippen molar-refractivity contribution in [3.05, 3.63) is 75.9 Å². The Kier molecular flexibility index (Phi) is 14.5. The molecule has 61 heavy (non-hydrogen) atoms. The highest BCUT2D eigenvalue weighted by Crippen LogP contribution is 2.38. The molecule has 6 rings (SSSR count). The van der Waals surface area contributed by atoms with Gasteiger partial charge in [-0.3, -0.25) is 14.4 Å². The molecule has 0 unspecified atom stereocenters. The molecule has 0 spiro atoms. The number of aromatic amines is 2. The predicted molar refractivity (Wildman–Crippen MR) is 239 cm³/mol. The Labute approximate surface area is 358 Å². The second-order valence-corrected chi connectivity index (χ2v) is 16.1. The summed E-state index contributed by atoms with van der Waals surface area (Å²) >= 11 is 0. The first-order chi connectivity index (χ1) is 29.1. The van der Waals surface area contributed by atoms with Gasteiger partial charge in [-0.05, 0) is 117 Å². The van der Waals surface area contributed by atoms with Crippen LogP contribution in [0, 0.1) is 26.7 Å². The summed E-state index contributed by atoms with van der Waals surface area (Å²) in [7, 11) is 0. The van der Waals surface area contributed by atoms with E-state index in [1.165, 1.54) is 25.0 Å². The van der Waals surface area contributed by atoms with Crippen molar-refractivity contribution in [2.45, 2.75) is 120 Å². The first kappa shape index (κ1) is 45.2. The fourth-order valence-corrected chi connectivity index (χ4v) is 8.51. The number of aryl methyl sites for hydroxylation is 3. The lowest BCUT2D eigenvalue weighted by Crippen LogP contribution is -2.57. The molecule has 6 heterocycles. The van der Waals surface area contributed by atoms with Gasteiger partial charge in [-0.15, -0.1) is 0 Å². The number of hydrogen-bond acceptors (Lipinski definition) is 10. The van der Waals surface area contributed by atoms with Gasteiger partial charge >= 0.3 is 11.9 Å². The molecule has 1 saturated heterocycles. The van der Waals surface area contributed by atoms with Gasteiger partial charge in [0.25, 0.3) is 0 Å². The third-order valence-electron chi connectivity index (χ3n) is 12.0. The van der Waals surface area contributed by atoms with E-state index in [0.29, 0.717) is 26.0 Å². The first-order valence-corrected chi connectivity index (χ1v) is 21.4. The average Bonchev–Trinajstić information content (AvgIpc) is 3.92. The van der Waals surface area contributed by atoms with E-state index in [1.54, 1.807) is 0 Å². The van der Waals surface area contributed by atoms with E-state index in [9.17, 15) is 14.4 Å². The summed E-state index contributed by atoms with van der Waals surface area (Å²) in [6.45, 7) is 24.3. The quantitative estimate of drug-likeness (QED) is 0.0996. The molecule has 3 aromatic heterocycles. The van der Waals surface area contributed by atoms with Crippen molar-refractivity contribution in [3.63, 3.8) is 0 Å². The van der Waals surface area contributed by atoms with Crippen LogP contribution in [0.3, 0.4) is 0 Å². The maximum atomic E-state index is 13.2. The van der Waals surface area contributed by atoms with Crippen LogP contribution in [0.15, 0.2) is 30.8 Å². The fourth-order valence-electron chi connectivity index (χ4n) is 8.51. The Hall–Kier alpha value is -5.37. The minimum absolute atomic E-state index is 0.0890. The third kappa shape index (κ3) is 9.90. The number of nitrogens with zero attached hydrogens (tertiary/aromatic N) is 2. The van der Waals surface area contributed by atoms with Gasteiger partial charge in [0.2, 0.25) is 5.91 Å². The van der Waals surface area contributed by atoms with Crippen molar-refractivity contribution >= 4 is 68.3 Å². The summed E-state index contributed by atoms with van der Waals surface area (Å²) in [5.41, 5.74) is 16.1. The molecule has 3 aliphatic rings. The van der Waals surface area contributed by atoms with Crippen molar-refractivity contribution in [3.8, 4) is 0 Å². The maximum Gasteiger partial charge on any atom is 0.303 e. The Bertz CT molecular complexity index is 2420. The van der Waals surface area contributed by atoms with Crippen molar-refractivity contribution in [1.82, 2.24) is 25.3 Å². The summed E-state index contributed by atoms with van der Waals surface area (Å²) < 4.78 is 28.9. The molecule has 0 aromatic carbocycles. The molecule has 3 N–H and O–H groups in total. The lowest BCUT2D eigenvalue weighted by Gasteiger charge is -2.43. The Balaban J connectivity index is 1.13. The summed E-state index contributed by atoms with van der Waals surface area (Å²) in [6.07, 6.45) is 1.43. The normalized spacial score (nSPS) is 20.2. The Morgan fingerprint density at radius 2 is 1.44 bits per heavy atom. The van der Waals surface area contributed by atoms with Crippen LogP contribution in [0.5, 0.6) is 0 Å². The summed E-state index contributed by atoms with van der Waals surface area (Å²) in [5, 5.41) is 2.99. The molecule has 0 radical (unpaired) electrons. The van der Waals surface area contributed by atoms with Crippen LogP contribution < -0.4 is 5.32 Å². The summed E-state index contributed by atoms with van der Waals surface area (Å²) in [6, 6.07) is 8.51. The van der Waals surface area contributed by atoms with Crippen molar-refractivity contribution in [2.75, 3.05) is 26.4 Å². The van der Waals surface area contributed by atoms with E-state index in [1.807, 2.05) is 19.9 Å². The number of esters is 2. The van der Waals surface area contributed by atoms with Gasteiger partial charge in [-0.1, -0.05) is 33.4 Å². The smallest absolute Gasteiger partial charge is 0.303 e. The number of allylic oxidation sites excluding steroid dienone is 4. The van der Waals surface area contributed by atoms with Gasteiger partial charge in [-0.25, -0.2) is 9.97 Å². The van der Waals surface area contributed by atoms with Crippen molar-refractivity contribution < 1.29 is 38.1 Å². The fraction of sp³-hybridized carbons (Fsp3) is 0.479. The number of amides is 1. The molecule has 326 valence electrons. The zero-order valence-corrected chi connectivity index (χ0v) is 37.3. The molecular weight excluding hydrogens is 775 g/mol. The average molecular weight is 836 g/mol. The number of rotatable bonds is 15. The zero-order chi connectivity index (χ0) is 44.1. The molecule has 3 aromatic rings. The highest BCUT2D eigenvalue weighted by molar-refractivity contribution is 5.96. The summed E-state index contributed by atoms with van der Waals surface area (Å²) in [5.74, 6) is -1.43. The monoisotopic (exact) mass is 835 g/mol. The van der Waals surface area contributed by atoms with E-state index < -0.39 is 42.5 Å². The molecule has 0 saturated carbocycles. The second-order valence-electron chi connectivity index (χ2n) is 16.1. The van der Waals surface area contributed by atoms with Gasteiger partial charge in [0, 0.05) is 60.4 Å². The van der Waals surface area contributed by atoms with Gasteiger partial charge in [-0.2, -0.15) is 0 Å². The van der Waals surface area contributed by atoms with Crippen LogP contribution in [-0.2, 0) is 38.1 Å². The minimum Gasteiger partial charge on any atom is -0.458 e. The second kappa shape index (κ2) is 19.6. The predicted octanol–water partition coefficient (Wildman–Crippen LogP) is 8.72. The number of carbonyl (C=O) groups is 3. The molecule has 8 bridgehead atoms. The van der Waals surface area contributed by atoms with E-state index in [-0.39, 0.29) is 25.5 Å². The molecule has 1 fully saturated rings. The summed E-state index contributed by atoms with van der Waals surface area (Å²) in [4.78, 5) is 54.5. The zero-order valence-electron chi connectivity index (χ0n) is 37.3. The molecule has 13 heteroatoms. The topological polar surface area (TPSA) is 167 Å². The lowest BCUT2D eigenvalue weighted by atomic mass is 9.90. The number of carbonyl (C=O) groups excluding carboxylic acids is 3. The van der Waals surface area contributed by atoms with Crippen LogP contribution in [0.2, 0.25) is 0 Å². The van der Waals surface area contributed by atoms with E-state index >= 15 is 0 Å². The molecular formula is C48H61N5O8. The van der Waals surface area contributed by atoms with Gasteiger partial charge in [0.15, 0.2) is 12.4 Å². The number of nitrogens with one attached hydrogen (secondary N) is 3. The molecule has 3 aliphatic heterocycles. The molecule has 5 atom stereocenters. The molecule has 0 aliphatic carbocycles. The minimum atomic E-state index is -0.729. The SMILES string of the molecule is C=Cc1c(C)c2cc3nc(c(C)c4cc(C)c(cc5nc(cc1[nH]2)C(C)=C5CC)[nH]4)C(CCC(=O)NCCOCCO[C@@H]1O[C@H](CC)[C@@H](OC(C)=O)[C@H](OC(C)=O)[C@H]1C)=C3C. The largest absolute Gasteiger partial charge is 0.458 e. The van der Waals surface area contributed by atoms with Crippen LogP contribution >= 0.6 is 0 Å². The third-order valence-corrected chi connectivity index (χ3v) is 12.0. The van der Waals surface area contributed by atoms with Crippen LogP contribution in [-0.4, -0.2) is 88.7 Å². The number of aromatic nitrogens is 4. The Morgan fingerprint density at radius 1 is 0.803 bits per heavy atom. The van der Waals surface area contributed by atoms with Crippen LogP contribution in [0.1, 0.15) is 119 Å². The van der Waals surface area contributed by atoms with Crippen molar-refractivity contribution in [1.29, 1.82) is 0 Å². The van der Waals surface area contributed by atoms with Crippen molar-refractivity contribution in [2.24, 2.45) is 5.92 Å². The van der Waals surface area contributed by atoms with Gasteiger partial charge < -0.3 is 39.0 Å². The standard InChI is InChI=1S/C48H61N5O8/c1-12-33-27(6)39-24-42-34(13-2)26(5)38(51-42)23-40-28(7)35(45(53-40)29(8)37-21-25(4)36(50-37)22-41(33)52-39)15-16-44(56)49-17-18-57-19-20-58-48-30(9)46(59-31(10)54)47(60-32(11)55)43(14-3)61-48/h13,21-24,30,43,46-48,50-51H,2,12,14-20H2,1,3-11H3,(H,49,56)/t30-,43-,46-,47-,48-/m1/s1. The highest BCUT2D eigenvalue weighted by atomic mass is 16.7. The van der Waals surface area contributed by atoms with Gasteiger partial charge in [0.05, 0.1) is 42.6 Å². The van der Waals surface area contributed by atoms with Gasteiger partial charge in [0.1, 0.15) is 12.2 Å². The number of ether oxygens (including phenoxy) is 5. The maximum absolute atomic E-state index is 13.2. The van der Waals surface area contributed by atoms with Crippen LogP contribution in [0.25, 0.3) is 50.4 Å². The number of fused-ring (bicyclic) bond motifs is 8. The Morgan fingerprint density at radius 3 is 2.13 bits per heavy atom. The first-order valence-electron chi connectivity index (χ1n) is 21.4. The number of H-pyrrole nitrogens is 2. The number of hydrogen-bond donors (Lipinski definition) is 3.